The summed E-state index contributed by atoms with van der Waals surface area (Å²) in [6.45, 7) is 4.27. The minimum absolute atomic E-state index is 0.217. The van der Waals surface area contributed by atoms with Crippen LogP contribution in [0.3, 0.4) is 0 Å². The molecular formula is C7H13O4S. The summed E-state index contributed by atoms with van der Waals surface area (Å²) < 4.78 is 14.5. The van der Waals surface area contributed by atoms with Crippen LogP contribution in [0.15, 0.2) is 0 Å². The van der Waals surface area contributed by atoms with Crippen LogP contribution in [0.2, 0.25) is 0 Å². The second kappa shape index (κ2) is 8.70. The molecule has 12 heavy (non-hydrogen) atoms. The molecule has 0 saturated heterocycles. The van der Waals surface area contributed by atoms with Crippen molar-refractivity contribution in [3.8, 4) is 0 Å². The van der Waals surface area contributed by atoms with Crippen LogP contribution >= 0.6 is 12.6 Å². The molecule has 0 unspecified atom stereocenters. The van der Waals surface area contributed by atoms with Crippen molar-refractivity contribution in [1.82, 2.24) is 0 Å². The first-order chi connectivity index (χ1) is 5.77. The Morgan fingerprint density at radius 1 is 1.17 bits per heavy atom. The van der Waals surface area contributed by atoms with E-state index in [1.807, 2.05) is 6.92 Å². The Hall–Kier alpha value is -0.390. The number of hydrogen-bond donors (Lipinski definition) is 0. The van der Waals surface area contributed by atoms with Gasteiger partial charge in [-0.3, -0.25) is 0 Å². The van der Waals surface area contributed by atoms with Gasteiger partial charge in [0.2, 0.25) is 0 Å². The van der Waals surface area contributed by atoms with Gasteiger partial charge in [0.15, 0.2) is 0 Å². The van der Waals surface area contributed by atoms with Crippen molar-refractivity contribution in [2.45, 2.75) is 6.92 Å². The minimum Gasteiger partial charge on any atom is -0.452 e. The average molecular weight is 193 g/mol. The first-order valence-electron chi connectivity index (χ1n) is 3.76. The second-order valence-electron chi connectivity index (χ2n) is 1.91. The zero-order valence-electron chi connectivity index (χ0n) is 7.08. The van der Waals surface area contributed by atoms with Crippen molar-refractivity contribution in [3.63, 3.8) is 0 Å². The van der Waals surface area contributed by atoms with E-state index in [1.165, 1.54) is 0 Å². The normalized spacial score (nSPS) is 9.75. The highest BCUT2D eigenvalue weighted by atomic mass is 32.1. The Bertz CT molecular complexity index is 118. The molecule has 0 heterocycles. The predicted molar refractivity (Wildman–Crippen MR) is 46.3 cm³/mol. The van der Waals surface area contributed by atoms with Gasteiger partial charge in [0.1, 0.15) is 6.61 Å². The number of hydrogen-bond acceptors (Lipinski definition) is 4. The van der Waals surface area contributed by atoms with Crippen LogP contribution in [0.5, 0.6) is 0 Å². The van der Waals surface area contributed by atoms with Crippen LogP contribution in [0.4, 0.5) is 4.79 Å². The van der Waals surface area contributed by atoms with Crippen molar-refractivity contribution < 1.29 is 19.0 Å². The van der Waals surface area contributed by atoms with E-state index in [0.717, 1.165) is 0 Å². The van der Waals surface area contributed by atoms with Gasteiger partial charge in [-0.15, -0.1) is 0 Å². The fraction of sp³-hybridized carbons (Fsp3) is 0.857. The van der Waals surface area contributed by atoms with Crippen molar-refractivity contribution in [1.29, 1.82) is 0 Å². The van der Waals surface area contributed by atoms with Crippen molar-refractivity contribution >= 4 is 17.9 Å². The molecule has 0 aliphatic heterocycles. The molecule has 0 spiro atoms. The molecule has 0 aromatic heterocycles. The third-order valence-corrected chi connectivity index (χ3v) is 1.14. The van der Waals surface area contributed by atoms with E-state index < -0.39 is 5.30 Å². The Labute approximate surface area is 77.6 Å². The highest BCUT2D eigenvalue weighted by Gasteiger charge is 1.94. The molecule has 0 bridgehead atoms. The Kier molecular flexibility index (Phi) is 8.42. The molecule has 0 aliphatic rings. The van der Waals surface area contributed by atoms with Crippen molar-refractivity contribution in [3.05, 3.63) is 0 Å². The quantitative estimate of drug-likeness (QED) is 0.452. The van der Waals surface area contributed by atoms with E-state index in [4.69, 9.17) is 9.47 Å². The highest BCUT2D eigenvalue weighted by molar-refractivity contribution is 7.96. The standard InChI is InChI=1S/C7H13O4S/c1-2-9-3-4-10-5-6-11-7(8)12/h2-6H2,1H3. The van der Waals surface area contributed by atoms with Crippen molar-refractivity contribution in [2.24, 2.45) is 0 Å². The zero-order valence-corrected chi connectivity index (χ0v) is 7.89. The highest BCUT2D eigenvalue weighted by Crippen LogP contribution is 1.86. The maximum Gasteiger partial charge on any atom is 0.400 e. The molecule has 0 saturated carbocycles. The summed E-state index contributed by atoms with van der Waals surface area (Å²) in [5.74, 6) is 0. The van der Waals surface area contributed by atoms with Gasteiger partial charge in [0, 0.05) is 19.2 Å². The molecule has 0 N–H and O–H groups in total. The average Bonchev–Trinajstić information content (AvgIpc) is 2.02. The van der Waals surface area contributed by atoms with Crippen LogP contribution in [0, 0.1) is 0 Å². The van der Waals surface area contributed by atoms with E-state index in [-0.39, 0.29) is 6.61 Å². The summed E-state index contributed by atoms with van der Waals surface area (Å²) >= 11 is 4.16. The monoisotopic (exact) mass is 193 g/mol. The number of carbonyl (C=O) groups excluding carboxylic acids is 1. The smallest absolute Gasteiger partial charge is 0.400 e. The molecule has 0 atom stereocenters. The van der Waals surface area contributed by atoms with E-state index in [2.05, 4.69) is 17.4 Å². The largest absolute Gasteiger partial charge is 0.452 e. The molecule has 0 aromatic carbocycles. The first-order valence-corrected chi connectivity index (χ1v) is 4.17. The van der Waals surface area contributed by atoms with E-state index >= 15 is 0 Å². The topological polar surface area (TPSA) is 44.8 Å². The van der Waals surface area contributed by atoms with Gasteiger partial charge in [0.05, 0.1) is 19.8 Å². The van der Waals surface area contributed by atoms with Crippen LogP contribution in [-0.4, -0.2) is 38.3 Å². The molecule has 0 aliphatic carbocycles. The maximum atomic E-state index is 10.1. The lowest BCUT2D eigenvalue weighted by Crippen LogP contribution is -2.09. The van der Waals surface area contributed by atoms with Crippen LogP contribution in [-0.2, 0) is 14.2 Å². The summed E-state index contributed by atoms with van der Waals surface area (Å²) in [6, 6.07) is 0. The van der Waals surface area contributed by atoms with E-state index in [1.54, 1.807) is 0 Å². The minimum atomic E-state index is -0.691. The fourth-order valence-corrected chi connectivity index (χ4v) is 0.632. The van der Waals surface area contributed by atoms with Gasteiger partial charge >= 0.3 is 5.30 Å². The van der Waals surface area contributed by atoms with Crippen LogP contribution in [0.1, 0.15) is 6.92 Å². The molecular weight excluding hydrogens is 180 g/mol. The fourth-order valence-electron chi connectivity index (χ4n) is 0.548. The van der Waals surface area contributed by atoms with E-state index in [0.29, 0.717) is 26.4 Å². The number of ether oxygens (including phenoxy) is 3. The molecule has 0 amide bonds. The Morgan fingerprint density at radius 3 is 2.33 bits per heavy atom. The maximum absolute atomic E-state index is 10.1. The van der Waals surface area contributed by atoms with E-state index in [9.17, 15) is 4.79 Å². The summed E-state index contributed by atoms with van der Waals surface area (Å²) in [5, 5.41) is -0.691. The molecule has 1 radical (unpaired) electrons. The van der Waals surface area contributed by atoms with Gasteiger partial charge in [-0.05, 0) is 6.92 Å². The van der Waals surface area contributed by atoms with Gasteiger partial charge in [-0.1, -0.05) is 0 Å². The summed E-state index contributed by atoms with van der Waals surface area (Å²) in [5.41, 5.74) is 0. The summed E-state index contributed by atoms with van der Waals surface area (Å²) in [6.07, 6.45) is 0. The van der Waals surface area contributed by atoms with Crippen LogP contribution < -0.4 is 0 Å². The van der Waals surface area contributed by atoms with Gasteiger partial charge < -0.3 is 14.2 Å². The van der Waals surface area contributed by atoms with Crippen LogP contribution in [0.25, 0.3) is 0 Å². The lowest BCUT2D eigenvalue weighted by molar-refractivity contribution is 0.0350. The Morgan fingerprint density at radius 2 is 1.75 bits per heavy atom. The zero-order chi connectivity index (χ0) is 9.23. The Balaban J connectivity index is 2.86. The predicted octanol–water partition coefficient (Wildman–Crippen LogP) is 1.37. The number of carbonyl (C=O) groups is 1. The molecule has 5 heteroatoms. The molecule has 0 rings (SSSR count). The van der Waals surface area contributed by atoms with Gasteiger partial charge in [-0.2, -0.15) is 0 Å². The summed E-state index contributed by atoms with van der Waals surface area (Å²) in [7, 11) is 0. The third kappa shape index (κ3) is 9.61. The van der Waals surface area contributed by atoms with Gasteiger partial charge in [-0.25, -0.2) is 4.79 Å². The molecule has 71 valence electrons. The molecule has 0 aromatic rings. The van der Waals surface area contributed by atoms with Gasteiger partial charge in [0.25, 0.3) is 0 Å². The first kappa shape index (κ1) is 11.6. The second-order valence-corrected chi connectivity index (χ2v) is 2.24. The third-order valence-electron chi connectivity index (χ3n) is 1.02. The number of rotatable bonds is 7. The lowest BCUT2D eigenvalue weighted by Gasteiger charge is -2.03. The van der Waals surface area contributed by atoms with Crippen molar-refractivity contribution in [2.75, 3.05) is 33.0 Å². The summed E-state index contributed by atoms with van der Waals surface area (Å²) in [4.78, 5) is 10.1. The lowest BCUT2D eigenvalue weighted by atomic mass is 10.7. The molecule has 4 nitrogen and oxygen atoms in total. The SMILES string of the molecule is CCOCCOCCOC(=O)[S]. The molecule has 0 fully saturated rings.